The number of nitriles is 1. The largest absolute Gasteiger partial charge is 0.481 e. The molecule has 10 nitrogen and oxygen atoms in total. The van der Waals surface area contributed by atoms with Crippen LogP contribution < -0.4 is 0 Å². The molecule has 1 aliphatic heterocycles. The molecule has 1 saturated carbocycles. The van der Waals surface area contributed by atoms with E-state index in [0.717, 1.165) is 35.4 Å². The van der Waals surface area contributed by atoms with E-state index in [1.54, 1.807) is 11.8 Å². The van der Waals surface area contributed by atoms with E-state index in [9.17, 15) is 14.9 Å². The van der Waals surface area contributed by atoms with Crippen LogP contribution in [0.1, 0.15) is 93.2 Å². The summed E-state index contributed by atoms with van der Waals surface area (Å²) in [5, 5.41) is 24.7. The molecule has 3 atom stereocenters. The summed E-state index contributed by atoms with van der Waals surface area (Å²) < 4.78 is 17.1. The fourth-order valence-corrected chi connectivity index (χ4v) is 5.35. The molecule has 2 fully saturated rings. The maximum absolute atomic E-state index is 11.7. The summed E-state index contributed by atoms with van der Waals surface area (Å²) in [6.45, 7) is 5.03. The van der Waals surface area contributed by atoms with Crippen LogP contribution in [0.15, 0.2) is 41.3 Å². The number of carboxylic acid groups (broad SMARTS) is 2. The van der Waals surface area contributed by atoms with Gasteiger partial charge in [-0.15, -0.1) is 11.8 Å². The van der Waals surface area contributed by atoms with Gasteiger partial charge in [0.05, 0.1) is 23.8 Å². The number of hydrogen-bond acceptors (Lipinski definition) is 9. The molecule has 2 aromatic rings. The van der Waals surface area contributed by atoms with Crippen molar-refractivity contribution in [2.75, 3.05) is 12.9 Å². The topological polar surface area (TPSA) is 160 Å². The standard InChI is InChI=1S/C28H31NO5S.2C2H4O2/c1-17(30)32-16-25-13-24(33-18(2)31)14-27(34-25)26-11-22(23(15-29)12-28(26)35-3)10-19-4-6-20(7-5-19)21-8-9-21;2*1-2(3)4/h4-7,11-12,21,24-25,27H,8-10,13-14,16H2,1-3H3;2*1H3,(H,3,4)/t24-,25-,27+;;/m0../s1. The number of ether oxygens (including phenoxy) is 3. The van der Waals surface area contributed by atoms with Crippen LogP contribution in [0, 0.1) is 11.3 Å². The van der Waals surface area contributed by atoms with Crippen LogP contribution in [0.4, 0.5) is 0 Å². The summed E-state index contributed by atoms with van der Waals surface area (Å²) in [5.74, 6) is -1.68. The number of hydrogen-bond donors (Lipinski definition) is 2. The fraction of sp³-hybridized carbons (Fsp3) is 0.469. The first-order valence-corrected chi connectivity index (χ1v) is 15.1. The summed E-state index contributed by atoms with van der Waals surface area (Å²) in [5.41, 5.74) is 5.09. The van der Waals surface area contributed by atoms with Crippen molar-refractivity contribution in [3.63, 3.8) is 0 Å². The van der Waals surface area contributed by atoms with E-state index in [-0.39, 0.29) is 36.9 Å². The van der Waals surface area contributed by atoms with E-state index in [4.69, 9.17) is 34.0 Å². The molecule has 11 heteroatoms. The molecular formula is C32H39NO9S. The molecule has 1 saturated heterocycles. The van der Waals surface area contributed by atoms with E-state index in [2.05, 4.69) is 36.4 Å². The Hall–Kier alpha value is -3.88. The average molecular weight is 614 g/mol. The van der Waals surface area contributed by atoms with Crippen LogP contribution in [-0.4, -0.2) is 59.2 Å². The first-order chi connectivity index (χ1) is 20.3. The molecule has 0 amide bonds. The van der Waals surface area contributed by atoms with Gasteiger partial charge in [-0.1, -0.05) is 30.3 Å². The van der Waals surface area contributed by atoms with Crippen molar-refractivity contribution in [3.05, 3.63) is 64.2 Å². The van der Waals surface area contributed by atoms with Gasteiger partial charge in [-0.25, -0.2) is 0 Å². The monoisotopic (exact) mass is 613 g/mol. The predicted octanol–water partition coefficient (Wildman–Crippen LogP) is 5.65. The minimum atomic E-state index is -0.833. The van der Waals surface area contributed by atoms with Crippen LogP contribution in [0.5, 0.6) is 0 Å². The van der Waals surface area contributed by atoms with Crippen LogP contribution >= 0.6 is 11.8 Å². The third kappa shape index (κ3) is 12.9. The summed E-state index contributed by atoms with van der Waals surface area (Å²) in [4.78, 5) is 42.0. The molecule has 2 aliphatic rings. The number of thioether (sulfide) groups is 1. The molecule has 4 rings (SSSR count). The Bertz CT molecular complexity index is 1300. The molecule has 0 bridgehead atoms. The highest BCUT2D eigenvalue weighted by atomic mass is 32.2. The zero-order valence-electron chi connectivity index (χ0n) is 25.1. The van der Waals surface area contributed by atoms with Crippen molar-refractivity contribution >= 4 is 35.6 Å². The molecule has 43 heavy (non-hydrogen) atoms. The number of carboxylic acids is 2. The quantitative estimate of drug-likeness (QED) is 0.280. The summed E-state index contributed by atoms with van der Waals surface area (Å²) in [6.07, 6.45) is 5.06. The molecule has 1 aliphatic carbocycles. The predicted molar refractivity (Wildman–Crippen MR) is 160 cm³/mol. The molecule has 2 aromatic carbocycles. The van der Waals surface area contributed by atoms with Crippen molar-refractivity contribution < 1.29 is 43.6 Å². The maximum Gasteiger partial charge on any atom is 0.302 e. The molecular weight excluding hydrogens is 574 g/mol. The van der Waals surface area contributed by atoms with E-state index < -0.39 is 11.9 Å². The van der Waals surface area contributed by atoms with Gasteiger partial charge in [0.25, 0.3) is 11.9 Å². The van der Waals surface area contributed by atoms with Crippen molar-refractivity contribution in [1.82, 2.24) is 0 Å². The molecule has 1 heterocycles. The Morgan fingerprint density at radius 3 is 2.07 bits per heavy atom. The van der Waals surface area contributed by atoms with Crippen LogP contribution in [0.2, 0.25) is 0 Å². The Labute approximate surface area is 256 Å². The number of benzene rings is 2. The Balaban J connectivity index is 0.000000719. The highest BCUT2D eigenvalue weighted by Crippen LogP contribution is 2.41. The average Bonchev–Trinajstić information content (AvgIpc) is 3.77. The molecule has 0 unspecified atom stereocenters. The van der Waals surface area contributed by atoms with Gasteiger partial charge >= 0.3 is 11.9 Å². The van der Waals surface area contributed by atoms with Crippen LogP contribution in [0.3, 0.4) is 0 Å². The van der Waals surface area contributed by atoms with Gasteiger partial charge in [0, 0.05) is 45.4 Å². The third-order valence-corrected chi connectivity index (χ3v) is 7.30. The second-order valence-corrected chi connectivity index (χ2v) is 11.2. The number of aliphatic carboxylic acids is 2. The highest BCUT2D eigenvalue weighted by molar-refractivity contribution is 7.98. The summed E-state index contributed by atoms with van der Waals surface area (Å²) >= 11 is 1.56. The Morgan fingerprint density at radius 1 is 0.977 bits per heavy atom. The molecule has 0 radical (unpaired) electrons. The van der Waals surface area contributed by atoms with Gasteiger partial charge < -0.3 is 24.4 Å². The fourth-order valence-electron chi connectivity index (χ4n) is 4.69. The Kier molecular flexibility index (Phi) is 14.2. The second-order valence-electron chi connectivity index (χ2n) is 10.3. The molecule has 0 aromatic heterocycles. The molecule has 2 N–H and O–H groups in total. The number of carbonyl (C=O) groups is 4. The van der Waals surface area contributed by atoms with Gasteiger partial charge in [0.1, 0.15) is 12.7 Å². The normalized spacial score (nSPS) is 18.8. The smallest absolute Gasteiger partial charge is 0.302 e. The lowest BCUT2D eigenvalue weighted by molar-refractivity contribution is -0.169. The molecule has 0 spiro atoms. The van der Waals surface area contributed by atoms with Crippen molar-refractivity contribution in [2.24, 2.45) is 0 Å². The van der Waals surface area contributed by atoms with Crippen LogP contribution in [-0.2, 0) is 39.8 Å². The first kappa shape index (κ1) is 35.3. The van der Waals surface area contributed by atoms with Crippen molar-refractivity contribution in [1.29, 1.82) is 5.26 Å². The van der Waals surface area contributed by atoms with E-state index in [1.807, 2.05) is 12.3 Å². The van der Waals surface area contributed by atoms with Gasteiger partial charge in [0.15, 0.2) is 0 Å². The van der Waals surface area contributed by atoms with E-state index in [1.165, 1.54) is 32.3 Å². The number of nitrogens with zero attached hydrogens (tertiary/aromatic N) is 1. The van der Waals surface area contributed by atoms with Gasteiger partial charge in [-0.3, -0.25) is 19.2 Å². The lowest BCUT2D eigenvalue weighted by Crippen LogP contribution is -2.37. The van der Waals surface area contributed by atoms with E-state index >= 15 is 0 Å². The van der Waals surface area contributed by atoms with Crippen molar-refractivity contribution in [2.45, 2.75) is 88.9 Å². The maximum atomic E-state index is 11.7. The minimum Gasteiger partial charge on any atom is -0.481 e. The van der Waals surface area contributed by atoms with E-state index in [0.29, 0.717) is 30.7 Å². The highest BCUT2D eigenvalue weighted by Gasteiger charge is 2.34. The SMILES string of the molecule is CC(=O)O.CC(=O)O.CSc1cc(C#N)c(Cc2ccc(C3CC3)cc2)cc1[C@H]1C[C@@H](OC(C)=O)C[C@@H](COC(C)=O)O1. The van der Waals surface area contributed by atoms with Gasteiger partial charge in [-0.2, -0.15) is 5.26 Å². The lowest BCUT2D eigenvalue weighted by atomic mass is 9.91. The van der Waals surface area contributed by atoms with Gasteiger partial charge in [0.2, 0.25) is 0 Å². The zero-order chi connectivity index (χ0) is 32.1. The Morgan fingerprint density at radius 2 is 1.58 bits per heavy atom. The lowest BCUT2D eigenvalue weighted by Gasteiger charge is -2.35. The summed E-state index contributed by atoms with van der Waals surface area (Å²) in [6, 6.07) is 15.0. The van der Waals surface area contributed by atoms with Gasteiger partial charge in [-0.05, 0) is 59.8 Å². The third-order valence-electron chi connectivity index (χ3n) is 6.51. The zero-order valence-corrected chi connectivity index (χ0v) is 25.9. The summed E-state index contributed by atoms with van der Waals surface area (Å²) in [7, 11) is 0. The molecule has 232 valence electrons. The van der Waals surface area contributed by atoms with Crippen molar-refractivity contribution in [3.8, 4) is 6.07 Å². The number of carbonyl (C=O) groups excluding carboxylic acids is 2. The second kappa shape index (κ2) is 17.3. The minimum absolute atomic E-state index is 0.106. The first-order valence-electron chi connectivity index (χ1n) is 13.9. The van der Waals surface area contributed by atoms with Crippen LogP contribution in [0.25, 0.3) is 0 Å². The number of rotatable bonds is 8. The number of esters is 2.